The fourth-order valence-corrected chi connectivity index (χ4v) is 2.68. The van der Waals surface area contributed by atoms with Crippen LogP contribution in [0.1, 0.15) is 23.9 Å². The van der Waals surface area contributed by atoms with Crippen LogP contribution in [0.4, 0.5) is 0 Å². The van der Waals surface area contributed by atoms with Crippen LogP contribution in [0.3, 0.4) is 0 Å². The number of rotatable bonds is 3. The van der Waals surface area contributed by atoms with Crippen LogP contribution in [0.15, 0.2) is 54.9 Å². The highest BCUT2D eigenvalue weighted by atomic mass is 15.1. The Kier molecular flexibility index (Phi) is 3.76. The van der Waals surface area contributed by atoms with Gasteiger partial charge < -0.3 is 4.57 Å². The van der Waals surface area contributed by atoms with Crippen molar-refractivity contribution in [3.8, 4) is 22.9 Å². The highest BCUT2D eigenvalue weighted by molar-refractivity contribution is 5.69. The van der Waals surface area contributed by atoms with Gasteiger partial charge in [-0.1, -0.05) is 25.1 Å². The Morgan fingerprint density at radius 1 is 1.14 bits per heavy atom. The summed E-state index contributed by atoms with van der Waals surface area (Å²) in [6, 6.07) is 16.4. The van der Waals surface area contributed by atoms with Crippen molar-refractivity contribution >= 4 is 0 Å². The smallest absolute Gasteiger partial charge is 0.110 e. The Labute approximate surface area is 130 Å². The van der Waals surface area contributed by atoms with E-state index in [-0.39, 0.29) is 0 Å². The van der Waals surface area contributed by atoms with Gasteiger partial charge in [-0.3, -0.25) is 0 Å². The van der Waals surface area contributed by atoms with Crippen LogP contribution in [-0.4, -0.2) is 9.55 Å². The van der Waals surface area contributed by atoms with Gasteiger partial charge in [0, 0.05) is 18.1 Å². The van der Waals surface area contributed by atoms with E-state index in [2.05, 4.69) is 40.7 Å². The maximum Gasteiger partial charge on any atom is 0.110 e. The largest absolute Gasteiger partial charge is 0.304 e. The van der Waals surface area contributed by atoms with E-state index in [1.165, 1.54) is 11.1 Å². The van der Waals surface area contributed by atoms with E-state index in [1.807, 2.05) is 43.6 Å². The lowest BCUT2D eigenvalue weighted by Gasteiger charge is -2.12. The molecule has 3 nitrogen and oxygen atoms in total. The molecule has 1 aromatic heterocycles. The summed E-state index contributed by atoms with van der Waals surface area (Å²) in [6.45, 7) is 4.16. The number of aryl methyl sites for hydroxylation is 2. The first-order valence-corrected chi connectivity index (χ1v) is 7.36. The molecule has 0 aliphatic heterocycles. The maximum atomic E-state index is 8.91. The molecule has 3 aromatic rings. The second kappa shape index (κ2) is 5.87. The minimum absolute atomic E-state index is 0.687. The summed E-state index contributed by atoms with van der Waals surface area (Å²) in [6.07, 6.45) is 4.75. The molecule has 1 heterocycles. The summed E-state index contributed by atoms with van der Waals surface area (Å²) < 4.78 is 2.09. The van der Waals surface area contributed by atoms with E-state index in [9.17, 15) is 0 Å². The lowest BCUT2D eigenvalue weighted by molar-refractivity contribution is 0.969. The molecule has 0 radical (unpaired) electrons. The second-order valence-corrected chi connectivity index (χ2v) is 5.23. The van der Waals surface area contributed by atoms with Crippen molar-refractivity contribution in [3.05, 3.63) is 71.8 Å². The van der Waals surface area contributed by atoms with Crippen molar-refractivity contribution in [2.24, 2.45) is 0 Å². The van der Waals surface area contributed by atoms with Gasteiger partial charge in [0.15, 0.2) is 0 Å². The van der Waals surface area contributed by atoms with Gasteiger partial charge in [-0.15, -0.1) is 0 Å². The molecule has 0 aliphatic carbocycles. The van der Waals surface area contributed by atoms with Crippen molar-refractivity contribution < 1.29 is 0 Å². The van der Waals surface area contributed by atoms with Crippen LogP contribution in [0, 0.1) is 18.3 Å². The fourth-order valence-electron chi connectivity index (χ4n) is 2.68. The van der Waals surface area contributed by atoms with Gasteiger partial charge in [0.25, 0.3) is 0 Å². The summed E-state index contributed by atoms with van der Waals surface area (Å²) in [4.78, 5) is 4.28. The van der Waals surface area contributed by atoms with Crippen molar-refractivity contribution in [1.29, 1.82) is 5.26 Å². The molecule has 0 aliphatic rings. The van der Waals surface area contributed by atoms with E-state index in [4.69, 9.17) is 5.26 Å². The topological polar surface area (TPSA) is 41.6 Å². The first-order chi connectivity index (χ1) is 10.7. The average Bonchev–Trinajstić information content (AvgIpc) is 3.00. The van der Waals surface area contributed by atoms with E-state index in [0.29, 0.717) is 5.56 Å². The monoisotopic (exact) mass is 287 g/mol. The van der Waals surface area contributed by atoms with Gasteiger partial charge in [-0.2, -0.15) is 5.26 Å². The van der Waals surface area contributed by atoms with Crippen LogP contribution in [0.5, 0.6) is 0 Å². The SMILES string of the molecule is CCc1cc(-n2ccnc2C)ccc1-c1ccc(C#N)cc1. The van der Waals surface area contributed by atoms with Crippen LogP contribution in [-0.2, 0) is 6.42 Å². The van der Waals surface area contributed by atoms with Crippen molar-refractivity contribution in [3.63, 3.8) is 0 Å². The second-order valence-electron chi connectivity index (χ2n) is 5.23. The number of nitriles is 1. The molecule has 2 aromatic carbocycles. The zero-order valence-electron chi connectivity index (χ0n) is 12.7. The predicted molar refractivity (Wildman–Crippen MR) is 87.8 cm³/mol. The van der Waals surface area contributed by atoms with E-state index >= 15 is 0 Å². The Morgan fingerprint density at radius 2 is 1.91 bits per heavy atom. The molecule has 0 saturated heterocycles. The molecule has 0 unspecified atom stereocenters. The maximum absolute atomic E-state index is 8.91. The zero-order valence-corrected chi connectivity index (χ0v) is 12.7. The number of benzene rings is 2. The number of nitrogens with zero attached hydrogens (tertiary/aromatic N) is 3. The third-order valence-electron chi connectivity index (χ3n) is 3.90. The first-order valence-electron chi connectivity index (χ1n) is 7.36. The Morgan fingerprint density at radius 3 is 2.50 bits per heavy atom. The summed E-state index contributed by atoms with van der Waals surface area (Å²) in [7, 11) is 0. The van der Waals surface area contributed by atoms with E-state index in [1.54, 1.807) is 0 Å². The van der Waals surface area contributed by atoms with Gasteiger partial charge >= 0.3 is 0 Å². The predicted octanol–water partition coefficient (Wildman–Crippen LogP) is 4.28. The summed E-state index contributed by atoms with van der Waals surface area (Å²) in [5.41, 5.74) is 5.46. The van der Waals surface area contributed by atoms with Gasteiger partial charge in [0.2, 0.25) is 0 Å². The number of imidazole rings is 1. The molecule has 0 N–H and O–H groups in total. The number of hydrogen-bond acceptors (Lipinski definition) is 2. The van der Waals surface area contributed by atoms with E-state index < -0.39 is 0 Å². The molecule has 0 fully saturated rings. The molecule has 108 valence electrons. The molecule has 0 amide bonds. The molecular formula is C19H17N3. The fraction of sp³-hybridized carbons (Fsp3) is 0.158. The first kappa shape index (κ1) is 14.1. The number of aromatic nitrogens is 2. The Balaban J connectivity index is 2.06. The molecular weight excluding hydrogens is 270 g/mol. The van der Waals surface area contributed by atoms with Crippen molar-refractivity contribution in [2.75, 3.05) is 0 Å². The van der Waals surface area contributed by atoms with Gasteiger partial charge in [-0.25, -0.2) is 4.98 Å². The normalized spacial score (nSPS) is 10.4. The minimum atomic E-state index is 0.687. The Bertz CT molecular complexity index is 836. The van der Waals surface area contributed by atoms with Crippen LogP contribution in [0.25, 0.3) is 16.8 Å². The third-order valence-corrected chi connectivity index (χ3v) is 3.90. The average molecular weight is 287 g/mol. The highest BCUT2D eigenvalue weighted by Crippen LogP contribution is 2.27. The molecule has 0 spiro atoms. The van der Waals surface area contributed by atoms with Crippen molar-refractivity contribution in [1.82, 2.24) is 9.55 Å². The quantitative estimate of drug-likeness (QED) is 0.721. The zero-order chi connectivity index (χ0) is 15.5. The minimum Gasteiger partial charge on any atom is -0.304 e. The lowest BCUT2D eigenvalue weighted by atomic mass is 9.96. The van der Waals surface area contributed by atoms with E-state index in [0.717, 1.165) is 23.5 Å². The van der Waals surface area contributed by atoms with Crippen LogP contribution >= 0.6 is 0 Å². The summed E-state index contributed by atoms with van der Waals surface area (Å²) in [5, 5.41) is 8.91. The Hall–Kier alpha value is -2.86. The molecule has 0 atom stereocenters. The third kappa shape index (κ3) is 2.51. The molecule has 22 heavy (non-hydrogen) atoms. The molecule has 3 rings (SSSR count). The summed E-state index contributed by atoms with van der Waals surface area (Å²) in [5.74, 6) is 0.980. The van der Waals surface area contributed by atoms with Gasteiger partial charge in [0.1, 0.15) is 5.82 Å². The molecule has 0 saturated carbocycles. The summed E-state index contributed by atoms with van der Waals surface area (Å²) >= 11 is 0. The van der Waals surface area contributed by atoms with Crippen molar-refractivity contribution in [2.45, 2.75) is 20.3 Å². The van der Waals surface area contributed by atoms with Crippen LogP contribution in [0.2, 0.25) is 0 Å². The molecule has 3 heteroatoms. The highest BCUT2D eigenvalue weighted by Gasteiger charge is 2.07. The van der Waals surface area contributed by atoms with Crippen LogP contribution < -0.4 is 0 Å². The van der Waals surface area contributed by atoms with Gasteiger partial charge in [-0.05, 0) is 54.3 Å². The lowest BCUT2D eigenvalue weighted by Crippen LogP contribution is -1.98. The standard InChI is InChI=1S/C19H17N3/c1-3-16-12-18(22-11-10-21-14(22)2)8-9-19(16)17-6-4-15(13-20)5-7-17/h4-12H,3H2,1-2H3. The molecule has 0 bridgehead atoms. The van der Waals surface area contributed by atoms with Gasteiger partial charge in [0.05, 0.1) is 11.6 Å². The number of hydrogen-bond donors (Lipinski definition) is 0.